The van der Waals surface area contributed by atoms with Gasteiger partial charge in [0.25, 0.3) is 0 Å². The van der Waals surface area contributed by atoms with Crippen molar-refractivity contribution in [3.05, 3.63) is 60.4 Å². The third-order valence-electron chi connectivity index (χ3n) is 4.13. The number of aromatic amines is 1. The standard InChI is InChI=1S/C19H18N6O2S/c1-26-16-7-3-13(4-8-16)18-22-23-19(28-12-14-11-20-24-21-14)25(18)15-5-9-17(27-2)10-6-15/h3-11H,12H2,1-2H3,(H,20,21,24). The fourth-order valence-electron chi connectivity index (χ4n) is 2.69. The van der Waals surface area contributed by atoms with Gasteiger partial charge in [-0.05, 0) is 48.5 Å². The predicted octanol–water partition coefficient (Wildman–Crippen LogP) is 3.36. The van der Waals surface area contributed by atoms with Gasteiger partial charge >= 0.3 is 0 Å². The molecule has 28 heavy (non-hydrogen) atoms. The fraction of sp³-hybridized carbons (Fsp3) is 0.158. The van der Waals surface area contributed by atoms with Gasteiger partial charge in [-0.15, -0.1) is 10.2 Å². The summed E-state index contributed by atoms with van der Waals surface area (Å²) >= 11 is 1.54. The number of benzene rings is 2. The summed E-state index contributed by atoms with van der Waals surface area (Å²) < 4.78 is 12.5. The van der Waals surface area contributed by atoms with E-state index in [4.69, 9.17) is 9.47 Å². The minimum Gasteiger partial charge on any atom is -0.497 e. The molecule has 0 fully saturated rings. The average molecular weight is 394 g/mol. The molecule has 142 valence electrons. The number of H-pyrrole nitrogens is 1. The first-order chi connectivity index (χ1) is 13.8. The van der Waals surface area contributed by atoms with Crippen molar-refractivity contribution in [2.24, 2.45) is 0 Å². The highest BCUT2D eigenvalue weighted by Crippen LogP contribution is 2.30. The van der Waals surface area contributed by atoms with E-state index in [1.165, 1.54) is 0 Å². The third-order valence-corrected chi connectivity index (χ3v) is 5.09. The first-order valence-corrected chi connectivity index (χ1v) is 9.49. The van der Waals surface area contributed by atoms with Crippen LogP contribution in [0, 0.1) is 0 Å². The van der Waals surface area contributed by atoms with Gasteiger partial charge in [-0.2, -0.15) is 15.4 Å². The van der Waals surface area contributed by atoms with Crippen LogP contribution in [0.3, 0.4) is 0 Å². The molecule has 0 atom stereocenters. The molecule has 2 aromatic heterocycles. The zero-order valence-electron chi connectivity index (χ0n) is 15.4. The SMILES string of the molecule is COc1ccc(-c2nnc(SCc3cn[nH]n3)n2-c2ccc(OC)cc2)cc1. The van der Waals surface area contributed by atoms with E-state index in [-0.39, 0.29) is 0 Å². The van der Waals surface area contributed by atoms with Crippen LogP contribution in [0.25, 0.3) is 17.1 Å². The molecular weight excluding hydrogens is 376 g/mol. The molecule has 0 unspecified atom stereocenters. The number of nitrogens with zero attached hydrogens (tertiary/aromatic N) is 5. The summed E-state index contributed by atoms with van der Waals surface area (Å²) in [6.07, 6.45) is 1.70. The minimum absolute atomic E-state index is 0.632. The summed E-state index contributed by atoms with van der Waals surface area (Å²) in [5.41, 5.74) is 2.73. The lowest BCUT2D eigenvalue weighted by molar-refractivity contribution is 0.414. The maximum atomic E-state index is 5.28. The highest BCUT2D eigenvalue weighted by molar-refractivity contribution is 7.98. The number of aromatic nitrogens is 6. The molecule has 4 rings (SSSR count). The predicted molar refractivity (Wildman–Crippen MR) is 106 cm³/mol. The molecule has 9 heteroatoms. The van der Waals surface area contributed by atoms with Gasteiger partial charge in [-0.1, -0.05) is 11.8 Å². The fourth-order valence-corrected chi connectivity index (χ4v) is 3.52. The molecule has 0 radical (unpaired) electrons. The van der Waals surface area contributed by atoms with Crippen molar-refractivity contribution in [2.75, 3.05) is 14.2 Å². The Kier molecular flexibility index (Phi) is 5.24. The van der Waals surface area contributed by atoms with Crippen molar-refractivity contribution in [3.63, 3.8) is 0 Å². The molecule has 4 aromatic rings. The maximum absolute atomic E-state index is 5.28. The maximum Gasteiger partial charge on any atom is 0.196 e. The Morgan fingerprint density at radius 2 is 1.61 bits per heavy atom. The largest absolute Gasteiger partial charge is 0.497 e. The van der Waals surface area contributed by atoms with Crippen LogP contribution >= 0.6 is 11.8 Å². The Labute approximate surface area is 165 Å². The van der Waals surface area contributed by atoms with Gasteiger partial charge in [-0.25, -0.2) is 0 Å². The zero-order valence-corrected chi connectivity index (χ0v) is 16.2. The van der Waals surface area contributed by atoms with Crippen LogP contribution < -0.4 is 9.47 Å². The van der Waals surface area contributed by atoms with Gasteiger partial charge in [0.15, 0.2) is 11.0 Å². The number of ether oxygens (including phenoxy) is 2. The second kappa shape index (κ2) is 8.13. The minimum atomic E-state index is 0.632. The molecule has 2 heterocycles. The molecule has 0 saturated carbocycles. The summed E-state index contributed by atoms with van der Waals surface area (Å²) in [6, 6.07) is 15.5. The molecular formula is C19H18N6O2S. The molecule has 1 N–H and O–H groups in total. The van der Waals surface area contributed by atoms with Gasteiger partial charge in [0.05, 0.1) is 26.1 Å². The Morgan fingerprint density at radius 3 is 2.21 bits per heavy atom. The second-order valence-electron chi connectivity index (χ2n) is 5.82. The van der Waals surface area contributed by atoms with Crippen LogP contribution in [0.5, 0.6) is 11.5 Å². The summed E-state index contributed by atoms with van der Waals surface area (Å²) in [4.78, 5) is 0. The number of rotatable bonds is 7. The van der Waals surface area contributed by atoms with Gasteiger partial charge in [-0.3, -0.25) is 4.57 Å². The van der Waals surface area contributed by atoms with E-state index >= 15 is 0 Å². The second-order valence-corrected chi connectivity index (χ2v) is 6.76. The van der Waals surface area contributed by atoms with E-state index < -0.39 is 0 Å². The average Bonchev–Trinajstić information content (AvgIpc) is 3.42. The van der Waals surface area contributed by atoms with Gasteiger partial charge in [0.1, 0.15) is 11.5 Å². The monoisotopic (exact) mass is 394 g/mol. The Balaban J connectivity index is 1.73. The quantitative estimate of drug-likeness (QED) is 0.481. The molecule has 0 aliphatic rings. The summed E-state index contributed by atoms with van der Waals surface area (Å²) in [7, 11) is 3.29. The third kappa shape index (κ3) is 3.70. The Bertz CT molecular complexity index is 1030. The highest BCUT2D eigenvalue weighted by Gasteiger charge is 2.17. The van der Waals surface area contributed by atoms with Crippen LogP contribution in [0.4, 0.5) is 0 Å². The van der Waals surface area contributed by atoms with Gasteiger partial charge < -0.3 is 9.47 Å². The van der Waals surface area contributed by atoms with Crippen molar-refractivity contribution >= 4 is 11.8 Å². The van der Waals surface area contributed by atoms with E-state index in [2.05, 4.69) is 25.6 Å². The molecule has 2 aromatic carbocycles. The number of hydrogen-bond donors (Lipinski definition) is 1. The normalized spacial score (nSPS) is 10.8. The molecule has 0 aliphatic heterocycles. The highest BCUT2D eigenvalue weighted by atomic mass is 32.2. The van der Waals surface area contributed by atoms with Crippen molar-refractivity contribution in [1.82, 2.24) is 30.2 Å². The molecule has 0 spiro atoms. The van der Waals surface area contributed by atoms with Crippen molar-refractivity contribution in [1.29, 1.82) is 0 Å². The van der Waals surface area contributed by atoms with Crippen LogP contribution in [0.2, 0.25) is 0 Å². The van der Waals surface area contributed by atoms with Gasteiger partial charge in [0.2, 0.25) is 0 Å². The summed E-state index contributed by atoms with van der Waals surface area (Å²) in [5, 5.41) is 20.2. The van der Waals surface area contributed by atoms with E-state index in [9.17, 15) is 0 Å². The van der Waals surface area contributed by atoms with Gasteiger partial charge in [0, 0.05) is 17.0 Å². The van der Waals surface area contributed by atoms with E-state index in [0.717, 1.165) is 39.4 Å². The topological polar surface area (TPSA) is 90.7 Å². The Hall–Kier alpha value is -3.33. The molecule has 0 saturated heterocycles. The molecule has 8 nitrogen and oxygen atoms in total. The molecule has 0 bridgehead atoms. The number of nitrogens with one attached hydrogen (secondary N) is 1. The van der Waals surface area contributed by atoms with Crippen LogP contribution in [-0.2, 0) is 5.75 Å². The van der Waals surface area contributed by atoms with Crippen molar-refractivity contribution in [2.45, 2.75) is 10.9 Å². The lowest BCUT2D eigenvalue weighted by atomic mass is 10.2. The van der Waals surface area contributed by atoms with Crippen LogP contribution in [0.15, 0.2) is 59.9 Å². The molecule has 0 amide bonds. The summed E-state index contributed by atoms with van der Waals surface area (Å²) in [5.74, 6) is 2.96. The lowest BCUT2D eigenvalue weighted by Gasteiger charge is -2.11. The first kappa shape index (κ1) is 18.1. The van der Waals surface area contributed by atoms with Crippen molar-refractivity contribution < 1.29 is 9.47 Å². The zero-order chi connectivity index (χ0) is 19.3. The lowest BCUT2D eigenvalue weighted by Crippen LogP contribution is -2.00. The van der Waals surface area contributed by atoms with E-state index in [1.807, 2.05) is 53.1 Å². The van der Waals surface area contributed by atoms with Crippen LogP contribution in [0.1, 0.15) is 5.69 Å². The summed E-state index contributed by atoms with van der Waals surface area (Å²) in [6.45, 7) is 0. The number of thioether (sulfide) groups is 1. The first-order valence-electron chi connectivity index (χ1n) is 8.50. The molecule has 0 aliphatic carbocycles. The number of hydrogen-bond acceptors (Lipinski definition) is 7. The van der Waals surface area contributed by atoms with Crippen molar-refractivity contribution in [3.8, 4) is 28.6 Å². The van der Waals surface area contributed by atoms with E-state index in [0.29, 0.717) is 5.75 Å². The number of methoxy groups -OCH3 is 2. The Morgan fingerprint density at radius 1 is 0.929 bits per heavy atom. The smallest absolute Gasteiger partial charge is 0.196 e. The van der Waals surface area contributed by atoms with E-state index in [1.54, 1.807) is 32.2 Å². The van der Waals surface area contributed by atoms with Crippen LogP contribution in [-0.4, -0.2) is 44.4 Å².